The molecule has 7 heteroatoms. The average molecular weight is 308 g/mol. The summed E-state index contributed by atoms with van der Waals surface area (Å²) in [6.45, 7) is 0.336. The molecule has 1 aromatic rings. The third kappa shape index (κ3) is 2.71. The van der Waals surface area contributed by atoms with Gasteiger partial charge in [0.1, 0.15) is 0 Å². The molecule has 0 atom stereocenters. The van der Waals surface area contributed by atoms with Gasteiger partial charge in [-0.3, -0.25) is 14.5 Å². The lowest BCUT2D eigenvalue weighted by molar-refractivity contribution is 0.0656. The third-order valence-electron chi connectivity index (χ3n) is 3.48. The molecule has 0 spiro atoms. The molecule has 4 amide bonds. The van der Waals surface area contributed by atoms with Crippen LogP contribution in [0.15, 0.2) is 18.2 Å². The van der Waals surface area contributed by atoms with Crippen molar-refractivity contribution in [2.75, 3.05) is 13.1 Å². The Morgan fingerprint density at radius 3 is 2.71 bits per heavy atom. The first kappa shape index (κ1) is 13.9. The predicted octanol–water partition coefficient (Wildman–Crippen LogP) is 1.40. The highest BCUT2D eigenvalue weighted by atomic mass is 35.5. The molecule has 0 radical (unpaired) electrons. The molecule has 2 aliphatic rings. The van der Waals surface area contributed by atoms with E-state index in [1.165, 1.54) is 0 Å². The molecule has 1 aromatic carbocycles. The summed E-state index contributed by atoms with van der Waals surface area (Å²) in [5.41, 5.74) is 0.557. The number of benzene rings is 1. The molecule has 0 saturated heterocycles. The fourth-order valence-corrected chi connectivity index (χ4v) is 2.50. The highest BCUT2D eigenvalue weighted by Crippen LogP contribution is 2.28. The summed E-state index contributed by atoms with van der Waals surface area (Å²) in [6.07, 6.45) is 2.01. The van der Waals surface area contributed by atoms with Crippen molar-refractivity contribution in [2.24, 2.45) is 0 Å². The Morgan fingerprint density at radius 1 is 1.29 bits per heavy atom. The van der Waals surface area contributed by atoms with Crippen LogP contribution in [0.4, 0.5) is 4.79 Å². The van der Waals surface area contributed by atoms with E-state index in [1.54, 1.807) is 18.2 Å². The number of halogens is 1. The van der Waals surface area contributed by atoms with Crippen molar-refractivity contribution >= 4 is 29.4 Å². The number of hydrogen-bond donors (Lipinski definition) is 2. The summed E-state index contributed by atoms with van der Waals surface area (Å²) in [6, 6.07) is 4.79. The number of imide groups is 1. The van der Waals surface area contributed by atoms with Crippen LogP contribution >= 0.6 is 11.6 Å². The van der Waals surface area contributed by atoms with Gasteiger partial charge < -0.3 is 10.6 Å². The molecule has 6 nitrogen and oxygen atoms in total. The minimum atomic E-state index is -0.412. The highest BCUT2D eigenvalue weighted by Gasteiger charge is 2.36. The lowest BCUT2D eigenvalue weighted by atomic mass is 10.1. The summed E-state index contributed by atoms with van der Waals surface area (Å²) >= 11 is 5.96. The standard InChI is InChI=1S/C14H14ClN3O3/c15-10-3-1-2-9-11(10)13(20)18(12(9)19)7-6-16-14(21)17-8-4-5-8/h1-3,8H,4-7H2,(H2,16,17,21). The minimum absolute atomic E-state index is 0.126. The zero-order chi connectivity index (χ0) is 15.0. The molecule has 21 heavy (non-hydrogen) atoms. The number of fused-ring (bicyclic) bond motifs is 1. The molecule has 110 valence electrons. The zero-order valence-corrected chi connectivity index (χ0v) is 11.9. The number of carbonyl (C=O) groups excluding carboxylic acids is 3. The fourth-order valence-electron chi connectivity index (χ4n) is 2.24. The van der Waals surface area contributed by atoms with Gasteiger partial charge in [0.15, 0.2) is 0 Å². The van der Waals surface area contributed by atoms with Gasteiger partial charge in [0.05, 0.1) is 16.1 Å². The van der Waals surface area contributed by atoms with Crippen molar-refractivity contribution in [3.63, 3.8) is 0 Å². The smallest absolute Gasteiger partial charge is 0.315 e. The highest BCUT2D eigenvalue weighted by molar-refractivity contribution is 6.37. The topological polar surface area (TPSA) is 78.5 Å². The Kier molecular flexibility index (Phi) is 3.55. The Bertz CT molecular complexity index is 628. The van der Waals surface area contributed by atoms with Crippen LogP contribution < -0.4 is 10.6 Å². The maximum atomic E-state index is 12.2. The van der Waals surface area contributed by atoms with Crippen molar-refractivity contribution in [3.05, 3.63) is 34.3 Å². The third-order valence-corrected chi connectivity index (χ3v) is 3.80. The molecule has 0 bridgehead atoms. The fraction of sp³-hybridized carbons (Fsp3) is 0.357. The molecule has 1 fully saturated rings. The number of amides is 4. The van der Waals surface area contributed by atoms with Gasteiger partial charge in [-0.2, -0.15) is 0 Å². The number of nitrogens with one attached hydrogen (secondary N) is 2. The SMILES string of the molecule is O=C(NCCN1C(=O)c2cccc(Cl)c2C1=O)NC1CC1. The van der Waals surface area contributed by atoms with Crippen LogP contribution in [0, 0.1) is 0 Å². The van der Waals surface area contributed by atoms with Gasteiger partial charge in [0, 0.05) is 19.1 Å². The second kappa shape index (κ2) is 5.37. The molecule has 1 saturated carbocycles. The second-order valence-electron chi connectivity index (χ2n) is 5.10. The molecule has 1 aliphatic heterocycles. The first-order valence-corrected chi connectivity index (χ1v) is 7.15. The maximum Gasteiger partial charge on any atom is 0.315 e. The van der Waals surface area contributed by atoms with Crippen LogP contribution in [-0.4, -0.2) is 41.9 Å². The molecular formula is C14H14ClN3O3. The van der Waals surface area contributed by atoms with E-state index in [0.29, 0.717) is 5.56 Å². The van der Waals surface area contributed by atoms with Crippen LogP contribution in [0.25, 0.3) is 0 Å². The van der Waals surface area contributed by atoms with E-state index in [-0.39, 0.29) is 41.7 Å². The normalized spacial score (nSPS) is 16.9. The van der Waals surface area contributed by atoms with Gasteiger partial charge in [-0.1, -0.05) is 17.7 Å². The van der Waals surface area contributed by atoms with Crippen LogP contribution in [-0.2, 0) is 0 Å². The van der Waals surface area contributed by atoms with Crippen molar-refractivity contribution in [2.45, 2.75) is 18.9 Å². The number of rotatable bonds is 4. The molecular weight excluding hydrogens is 294 g/mol. The quantitative estimate of drug-likeness (QED) is 0.825. The van der Waals surface area contributed by atoms with Crippen molar-refractivity contribution in [1.82, 2.24) is 15.5 Å². The van der Waals surface area contributed by atoms with E-state index < -0.39 is 5.91 Å². The number of nitrogens with zero attached hydrogens (tertiary/aromatic N) is 1. The molecule has 1 aliphatic carbocycles. The van der Waals surface area contributed by atoms with Gasteiger partial charge in [0.2, 0.25) is 0 Å². The van der Waals surface area contributed by atoms with Crippen molar-refractivity contribution in [3.8, 4) is 0 Å². The Hall–Kier alpha value is -2.08. The number of urea groups is 1. The van der Waals surface area contributed by atoms with Gasteiger partial charge in [-0.25, -0.2) is 4.79 Å². The van der Waals surface area contributed by atoms with Crippen molar-refractivity contribution in [1.29, 1.82) is 0 Å². The van der Waals surface area contributed by atoms with Gasteiger partial charge >= 0.3 is 6.03 Å². The number of carbonyl (C=O) groups is 3. The Morgan fingerprint density at radius 2 is 2.05 bits per heavy atom. The minimum Gasteiger partial charge on any atom is -0.336 e. The molecule has 0 aromatic heterocycles. The molecule has 0 unspecified atom stereocenters. The van der Waals surface area contributed by atoms with Crippen LogP contribution in [0.1, 0.15) is 33.6 Å². The molecule has 2 N–H and O–H groups in total. The summed E-state index contributed by atoms with van der Waals surface area (Å²) in [5.74, 6) is -0.785. The first-order valence-electron chi connectivity index (χ1n) is 6.77. The average Bonchev–Trinajstić information content (AvgIpc) is 3.21. The van der Waals surface area contributed by atoms with Crippen LogP contribution in [0.3, 0.4) is 0 Å². The van der Waals surface area contributed by atoms with Gasteiger partial charge in [-0.05, 0) is 25.0 Å². The lowest BCUT2D eigenvalue weighted by Crippen LogP contribution is -2.42. The van der Waals surface area contributed by atoms with Crippen LogP contribution in [0.2, 0.25) is 5.02 Å². The summed E-state index contributed by atoms with van der Waals surface area (Å²) in [7, 11) is 0. The molecule has 3 rings (SSSR count). The zero-order valence-electron chi connectivity index (χ0n) is 11.2. The summed E-state index contributed by atoms with van der Waals surface area (Å²) in [5, 5.41) is 5.67. The number of hydrogen-bond acceptors (Lipinski definition) is 3. The van der Waals surface area contributed by atoms with E-state index in [2.05, 4.69) is 10.6 Å². The molecule has 1 heterocycles. The monoisotopic (exact) mass is 307 g/mol. The predicted molar refractivity (Wildman–Crippen MR) is 76.4 cm³/mol. The second-order valence-corrected chi connectivity index (χ2v) is 5.51. The lowest BCUT2D eigenvalue weighted by Gasteiger charge is -2.14. The van der Waals surface area contributed by atoms with E-state index >= 15 is 0 Å². The summed E-state index contributed by atoms with van der Waals surface area (Å²) < 4.78 is 0. The summed E-state index contributed by atoms with van der Waals surface area (Å²) in [4.78, 5) is 36.9. The van der Waals surface area contributed by atoms with Gasteiger partial charge in [-0.15, -0.1) is 0 Å². The van der Waals surface area contributed by atoms with Gasteiger partial charge in [0.25, 0.3) is 11.8 Å². The largest absolute Gasteiger partial charge is 0.336 e. The van der Waals surface area contributed by atoms with Crippen molar-refractivity contribution < 1.29 is 14.4 Å². The van der Waals surface area contributed by atoms with E-state index in [0.717, 1.165) is 17.7 Å². The van der Waals surface area contributed by atoms with E-state index in [9.17, 15) is 14.4 Å². The first-order chi connectivity index (χ1) is 10.1. The Labute approximate surface area is 126 Å². The van der Waals surface area contributed by atoms with E-state index in [1.807, 2.05) is 0 Å². The maximum absolute atomic E-state index is 12.2. The van der Waals surface area contributed by atoms with E-state index in [4.69, 9.17) is 11.6 Å². The Balaban J connectivity index is 1.59. The van der Waals surface area contributed by atoms with Crippen LogP contribution in [0.5, 0.6) is 0 Å².